The van der Waals surface area contributed by atoms with Crippen molar-refractivity contribution in [1.29, 1.82) is 0 Å². The van der Waals surface area contributed by atoms with Gasteiger partial charge in [-0.15, -0.1) is 0 Å². The maximum Gasteiger partial charge on any atom is 0.226 e. The van der Waals surface area contributed by atoms with Crippen molar-refractivity contribution in [2.24, 2.45) is 5.92 Å². The number of likely N-dealkylation sites (tertiary alicyclic amines) is 1. The number of piperidine rings is 1. The number of ether oxygens (including phenoxy) is 1. The van der Waals surface area contributed by atoms with Gasteiger partial charge in [0.25, 0.3) is 0 Å². The molecule has 2 saturated carbocycles. The second-order valence-corrected chi connectivity index (χ2v) is 9.35. The summed E-state index contributed by atoms with van der Waals surface area (Å²) in [5.41, 5.74) is 2.61. The van der Waals surface area contributed by atoms with Crippen molar-refractivity contribution >= 4 is 5.91 Å². The summed E-state index contributed by atoms with van der Waals surface area (Å²) in [6, 6.07) is 13.1. The third kappa shape index (κ3) is 4.31. The van der Waals surface area contributed by atoms with Crippen molar-refractivity contribution in [3.05, 3.63) is 53.9 Å². The van der Waals surface area contributed by atoms with Crippen LogP contribution < -0.4 is 0 Å². The highest BCUT2D eigenvalue weighted by Crippen LogP contribution is 2.39. The van der Waals surface area contributed by atoms with Crippen LogP contribution in [0.15, 0.2) is 42.6 Å². The van der Waals surface area contributed by atoms with E-state index in [2.05, 4.69) is 51.5 Å². The number of nitrogens with one attached hydrogen (secondary N) is 1. The van der Waals surface area contributed by atoms with E-state index in [1.54, 1.807) is 0 Å². The maximum atomic E-state index is 13.0. The Morgan fingerprint density at radius 2 is 1.83 bits per heavy atom. The summed E-state index contributed by atoms with van der Waals surface area (Å²) in [5.74, 6) is 1.56. The van der Waals surface area contributed by atoms with Crippen molar-refractivity contribution in [3.8, 4) is 0 Å². The molecule has 5 rings (SSSR count). The highest BCUT2D eigenvalue weighted by molar-refractivity contribution is 5.81. The Morgan fingerprint density at radius 3 is 2.53 bits per heavy atom. The molecule has 5 nitrogen and oxygen atoms in total. The Hall–Kier alpha value is -2.14. The van der Waals surface area contributed by atoms with Crippen LogP contribution in [-0.4, -0.2) is 46.3 Å². The fourth-order valence-electron chi connectivity index (χ4n) is 5.46. The Labute approximate surface area is 179 Å². The smallest absolute Gasteiger partial charge is 0.226 e. The minimum Gasteiger partial charge on any atom is -0.376 e. The van der Waals surface area contributed by atoms with Crippen LogP contribution in [0.3, 0.4) is 0 Å². The molecule has 2 unspecified atom stereocenters. The van der Waals surface area contributed by atoms with Gasteiger partial charge in [-0.2, -0.15) is 5.10 Å². The molecule has 5 heteroatoms. The molecule has 1 N–H and O–H groups in total. The van der Waals surface area contributed by atoms with Crippen LogP contribution in [0.4, 0.5) is 0 Å². The van der Waals surface area contributed by atoms with Crippen LogP contribution in [0.1, 0.15) is 74.5 Å². The van der Waals surface area contributed by atoms with E-state index in [9.17, 15) is 4.79 Å². The van der Waals surface area contributed by atoms with Gasteiger partial charge in [0, 0.05) is 30.3 Å². The van der Waals surface area contributed by atoms with Gasteiger partial charge < -0.3 is 9.64 Å². The molecule has 0 radical (unpaired) electrons. The predicted octanol–water partition coefficient (Wildman–Crippen LogP) is 4.64. The van der Waals surface area contributed by atoms with E-state index in [0.717, 1.165) is 50.8 Å². The zero-order valence-electron chi connectivity index (χ0n) is 17.7. The molecule has 3 aliphatic rings. The van der Waals surface area contributed by atoms with E-state index < -0.39 is 0 Å². The average molecular weight is 408 g/mol. The van der Waals surface area contributed by atoms with Gasteiger partial charge >= 0.3 is 0 Å². The highest BCUT2D eigenvalue weighted by atomic mass is 16.5. The molecular formula is C25H33N3O2. The molecule has 3 fully saturated rings. The molecule has 1 aliphatic heterocycles. The van der Waals surface area contributed by atoms with Gasteiger partial charge in [-0.1, -0.05) is 30.3 Å². The van der Waals surface area contributed by atoms with E-state index in [1.165, 1.54) is 18.4 Å². The Bertz CT molecular complexity index is 810. The van der Waals surface area contributed by atoms with E-state index >= 15 is 0 Å². The molecule has 30 heavy (non-hydrogen) atoms. The van der Waals surface area contributed by atoms with Gasteiger partial charge in [0.15, 0.2) is 0 Å². The number of nitrogens with zero attached hydrogens (tertiary/aromatic N) is 2. The summed E-state index contributed by atoms with van der Waals surface area (Å²) in [5, 5.41) is 7.33. The first-order valence-corrected chi connectivity index (χ1v) is 11.8. The zero-order valence-corrected chi connectivity index (χ0v) is 17.7. The first kappa shape index (κ1) is 19.8. The van der Waals surface area contributed by atoms with Gasteiger partial charge in [0.05, 0.1) is 18.8 Å². The van der Waals surface area contributed by atoms with Crippen LogP contribution >= 0.6 is 0 Å². The fourth-order valence-corrected chi connectivity index (χ4v) is 5.46. The highest BCUT2D eigenvalue weighted by Gasteiger charge is 2.41. The normalized spacial score (nSPS) is 29.7. The minimum atomic E-state index is 0.124. The average Bonchev–Trinajstić information content (AvgIpc) is 3.52. The van der Waals surface area contributed by atoms with Gasteiger partial charge in [-0.05, 0) is 68.9 Å². The number of H-pyrrole nitrogens is 1. The number of rotatable bonds is 6. The van der Waals surface area contributed by atoms with E-state index in [1.807, 2.05) is 6.20 Å². The van der Waals surface area contributed by atoms with E-state index in [0.29, 0.717) is 30.5 Å². The summed E-state index contributed by atoms with van der Waals surface area (Å²) in [6.45, 7) is 1.51. The lowest BCUT2D eigenvalue weighted by Gasteiger charge is -2.42. The molecule has 2 atom stereocenters. The number of aromatic amines is 1. The lowest BCUT2D eigenvalue weighted by Crippen LogP contribution is -2.51. The van der Waals surface area contributed by atoms with E-state index in [4.69, 9.17) is 4.74 Å². The molecule has 2 aliphatic carbocycles. The van der Waals surface area contributed by atoms with Crippen LogP contribution in [0, 0.1) is 5.92 Å². The molecule has 0 bridgehead atoms. The largest absolute Gasteiger partial charge is 0.376 e. The molecule has 2 aromatic rings. The number of aromatic nitrogens is 2. The summed E-state index contributed by atoms with van der Waals surface area (Å²) in [4.78, 5) is 15.1. The molecule has 2 heterocycles. The first-order chi connectivity index (χ1) is 14.8. The molecule has 1 aromatic heterocycles. The number of hydrogen-bond acceptors (Lipinski definition) is 3. The van der Waals surface area contributed by atoms with Crippen molar-refractivity contribution in [2.75, 3.05) is 13.2 Å². The number of carbonyl (C=O) groups excluding carboxylic acids is 1. The topological polar surface area (TPSA) is 58.2 Å². The zero-order chi connectivity index (χ0) is 20.3. The molecule has 1 saturated heterocycles. The second kappa shape index (κ2) is 8.93. The molecule has 1 amide bonds. The van der Waals surface area contributed by atoms with Gasteiger partial charge in [0.2, 0.25) is 5.91 Å². The van der Waals surface area contributed by atoms with Gasteiger partial charge in [0.1, 0.15) is 0 Å². The molecular weight excluding hydrogens is 374 g/mol. The maximum absolute atomic E-state index is 13.0. The van der Waals surface area contributed by atoms with E-state index in [-0.39, 0.29) is 12.0 Å². The van der Waals surface area contributed by atoms with Gasteiger partial charge in [-0.25, -0.2) is 0 Å². The third-order valence-electron chi connectivity index (χ3n) is 7.36. The SMILES string of the molecule is O=C(C1CC1)N1CCCC(c2ccn[nH]2)C1COC1CCC(c2ccccc2)CC1. The predicted molar refractivity (Wildman–Crippen MR) is 116 cm³/mol. The quantitative estimate of drug-likeness (QED) is 0.759. The van der Waals surface area contributed by atoms with Crippen molar-refractivity contribution in [1.82, 2.24) is 15.1 Å². The number of amides is 1. The van der Waals surface area contributed by atoms with Crippen LogP contribution in [0.5, 0.6) is 0 Å². The molecule has 160 valence electrons. The summed E-state index contributed by atoms with van der Waals surface area (Å²) < 4.78 is 6.49. The van der Waals surface area contributed by atoms with Crippen molar-refractivity contribution in [3.63, 3.8) is 0 Å². The molecule has 0 spiro atoms. The monoisotopic (exact) mass is 407 g/mol. The first-order valence-electron chi connectivity index (χ1n) is 11.8. The third-order valence-corrected chi connectivity index (χ3v) is 7.36. The Morgan fingerprint density at radius 1 is 1.03 bits per heavy atom. The second-order valence-electron chi connectivity index (χ2n) is 9.35. The Kier molecular flexibility index (Phi) is 5.89. The number of carbonyl (C=O) groups is 1. The van der Waals surface area contributed by atoms with Gasteiger partial charge in [-0.3, -0.25) is 9.89 Å². The molecule has 1 aromatic carbocycles. The summed E-state index contributed by atoms with van der Waals surface area (Å²) >= 11 is 0. The minimum absolute atomic E-state index is 0.124. The lowest BCUT2D eigenvalue weighted by molar-refractivity contribution is -0.139. The standard InChI is InChI=1S/C25H33N3O2/c29-25(20-8-9-20)28-16-4-7-22(23-14-15-26-27-23)24(28)17-30-21-12-10-19(11-13-21)18-5-2-1-3-6-18/h1-3,5-6,14-15,19-22,24H,4,7-13,16-17H2,(H,26,27). The fraction of sp³-hybridized carbons (Fsp3) is 0.600. The van der Waals surface area contributed by atoms with Crippen LogP contribution in [0.25, 0.3) is 0 Å². The van der Waals surface area contributed by atoms with Crippen LogP contribution in [0.2, 0.25) is 0 Å². The van der Waals surface area contributed by atoms with Crippen LogP contribution in [-0.2, 0) is 9.53 Å². The lowest BCUT2D eigenvalue weighted by atomic mass is 9.82. The van der Waals surface area contributed by atoms with Crippen molar-refractivity contribution in [2.45, 2.75) is 75.3 Å². The number of hydrogen-bond donors (Lipinski definition) is 1. The summed E-state index contributed by atoms with van der Waals surface area (Å²) in [6.07, 6.45) is 11.0. The van der Waals surface area contributed by atoms with Crippen molar-refractivity contribution < 1.29 is 9.53 Å². The Balaban J connectivity index is 1.22. The summed E-state index contributed by atoms with van der Waals surface area (Å²) in [7, 11) is 0. The number of benzene rings is 1.